The number of nitrogens with one attached hydrogen (secondary N) is 1. The third-order valence-corrected chi connectivity index (χ3v) is 2.24. The van der Waals surface area contributed by atoms with E-state index >= 15 is 0 Å². The van der Waals surface area contributed by atoms with Crippen molar-refractivity contribution in [2.24, 2.45) is 0 Å². The standard InChI is InChI=1S/C12H18F3N3O/c1-3-5-16-10-6-9(4-2)17-11(18-10)7-19-8-12(13,14)15/h6H,3-5,7-8H2,1-2H3,(H,16,17,18). The normalized spacial score (nSPS) is 11.6. The Bertz CT molecular complexity index is 396. The van der Waals surface area contributed by atoms with Crippen LogP contribution in [0.25, 0.3) is 0 Å². The van der Waals surface area contributed by atoms with E-state index in [1.54, 1.807) is 6.07 Å². The highest BCUT2D eigenvalue weighted by Gasteiger charge is 2.27. The van der Waals surface area contributed by atoms with Crippen molar-refractivity contribution in [2.75, 3.05) is 18.5 Å². The highest BCUT2D eigenvalue weighted by atomic mass is 19.4. The minimum atomic E-state index is -4.33. The van der Waals surface area contributed by atoms with E-state index in [1.165, 1.54) is 0 Å². The van der Waals surface area contributed by atoms with Gasteiger partial charge in [-0.05, 0) is 12.8 Å². The molecule has 1 aromatic rings. The predicted molar refractivity (Wildman–Crippen MR) is 65.9 cm³/mol. The van der Waals surface area contributed by atoms with Crippen molar-refractivity contribution >= 4 is 5.82 Å². The molecule has 19 heavy (non-hydrogen) atoms. The molecular formula is C12H18F3N3O. The van der Waals surface area contributed by atoms with Crippen molar-refractivity contribution in [3.8, 4) is 0 Å². The molecule has 1 heterocycles. The van der Waals surface area contributed by atoms with Crippen LogP contribution in [0.4, 0.5) is 19.0 Å². The van der Waals surface area contributed by atoms with Gasteiger partial charge < -0.3 is 10.1 Å². The van der Waals surface area contributed by atoms with Crippen LogP contribution in [0.2, 0.25) is 0 Å². The van der Waals surface area contributed by atoms with Crippen LogP contribution in [0.3, 0.4) is 0 Å². The van der Waals surface area contributed by atoms with E-state index in [4.69, 9.17) is 0 Å². The second-order valence-corrected chi connectivity index (χ2v) is 4.05. The smallest absolute Gasteiger partial charge is 0.370 e. The lowest BCUT2D eigenvalue weighted by molar-refractivity contribution is -0.177. The average molecular weight is 277 g/mol. The summed E-state index contributed by atoms with van der Waals surface area (Å²) in [6, 6.07) is 1.79. The first-order chi connectivity index (χ1) is 8.94. The molecule has 0 atom stereocenters. The van der Waals surface area contributed by atoms with Crippen molar-refractivity contribution in [1.82, 2.24) is 9.97 Å². The average Bonchev–Trinajstić information content (AvgIpc) is 2.34. The Morgan fingerprint density at radius 1 is 1.26 bits per heavy atom. The minimum Gasteiger partial charge on any atom is -0.370 e. The van der Waals surface area contributed by atoms with E-state index < -0.39 is 12.8 Å². The highest BCUT2D eigenvalue weighted by molar-refractivity contribution is 5.35. The van der Waals surface area contributed by atoms with E-state index in [-0.39, 0.29) is 12.4 Å². The van der Waals surface area contributed by atoms with Gasteiger partial charge >= 0.3 is 6.18 Å². The van der Waals surface area contributed by atoms with E-state index in [1.807, 2.05) is 13.8 Å². The number of rotatable bonds is 7. The van der Waals surface area contributed by atoms with Gasteiger partial charge in [-0.1, -0.05) is 13.8 Å². The Morgan fingerprint density at radius 2 is 2.00 bits per heavy atom. The number of hydrogen-bond acceptors (Lipinski definition) is 4. The number of hydrogen-bond donors (Lipinski definition) is 1. The molecule has 0 amide bonds. The Labute approximate surface area is 110 Å². The Kier molecular flexibility index (Phi) is 6.01. The molecule has 1 N–H and O–H groups in total. The highest BCUT2D eigenvalue weighted by Crippen LogP contribution is 2.15. The molecule has 0 aliphatic carbocycles. The first-order valence-corrected chi connectivity index (χ1v) is 6.19. The molecule has 0 saturated heterocycles. The van der Waals surface area contributed by atoms with Crippen molar-refractivity contribution in [3.63, 3.8) is 0 Å². The van der Waals surface area contributed by atoms with Gasteiger partial charge in [0.25, 0.3) is 0 Å². The van der Waals surface area contributed by atoms with Crippen LogP contribution in [-0.2, 0) is 17.8 Å². The zero-order valence-corrected chi connectivity index (χ0v) is 11.0. The SMILES string of the molecule is CCCNc1cc(CC)nc(COCC(F)(F)F)n1. The monoisotopic (exact) mass is 277 g/mol. The molecule has 0 radical (unpaired) electrons. The summed E-state index contributed by atoms with van der Waals surface area (Å²) in [5, 5.41) is 3.09. The van der Waals surface area contributed by atoms with Crippen molar-refractivity contribution in [2.45, 2.75) is 39.5 Å². The molecule has 108 valence electrons. The number of alkyl halides is 3. The van der Waals surface area contributed by atoms with Crippen LogP contribution in [0, 0.1) is 0 Å². The minimum absolute atomic E-state index is 0.242. The van der Waals surface area contributed by atoms with Crippen molar-refractivity contribution in [3.05, 3.63) is 17.6 Å². The quantitative estimate of drug-likeness (QED) is 0.832. The number of ether oxygens (including phenoxy) is 1. The van der Waals surface area contributed by atoms with Gasteiger partial charge in [0, 0.05) is 18.3 Å². The molecule has 7 heteroatoms. The Balaban J connectivity index is 2.65. The van der Waals surface area contributed by atoms with Gasteiger partial charge in [0.15, 0.2) is 5.82 Å². The molecule has 1 rings (SSSR count). The Morgan fingerprint density at radius 3 is 2.58 bits per heavy atom. The summed E-state index contributed by atoms with van der Waals surface area (Å²) in [6.45, 7) is 3.16. The van der Waals surface area contributed by atoms with Crippen molar-refractivity contribution < 1.29 is 17.9 Å². The zero-order valence-electron chi connectivity index (χ0n) is 11.0. The molecule has 0 aliphatic heterocycles. The van der Waals surface area contributed by atoms with Crippen molar-refractivity contribution in [1.29, 1.82) is 0 Å². The summed E-state index contributed by atoms with van der Waals surface area (Å²) in [7, 11) is 0. The van der Waals surface area contributed by atoms with E-state index in [0.717, 1.165) is 18.7 Å². The third kappa shape index (κ3) is 6.37. The summed E-state index contributed by atoms with van der Waals surface area (Å²) < 4.78 is 40.5. The number of anilines is 1. The molecule has 0 unspecified atom stereocenters. The van der Waals surface area contributed by atoms with Gasteiger partial charge in [-0.15, -0.1) is 0 Å². The van der Waals surface area contributed by atoms with Crippen LogP contribution in [0.15, 0.2) is 6.07 Å². The van der Waals surface area contributed by atoms with Crippen LogP contribution in [-0.4, -0.2) is 29.3 Å². The van der Waals surface area contributed by atoms with Crippen LogP contribution in [0.1, 0.15) is 31.8 Å². The number of halogens is 3. The van der Waals surface area contributed by atoms with Gasteiger partial charge in [-0.25, -0.2) is 9.97 Å². The first kappa shape index (κ1) is 15.7. The number of aryl methyl sites for hydroxylation is 1. The van der Waals surface area contributed by atoms with Crippen LogP contribution in [0.5, 0.6) is 0 Å². The fourth-order valence-corrected chi connectivity index (χ4v) is 1.40. The predicted octanol–water partition coefficient (Wildman–Crippen LogP) is 2.94. The molecular weight excluding hydrogens is 259 g/mol. The lowest BCUT2D eigenvalue weighted by Crippen LogP contribution is -2.17. The number of aromatic nitrogens is 2. The maximum atomic E-state index is 12.0. The fraction of sp³-hybridized carbons (Fsp3) is 0.667. The van der Waals surface area contributed by atoms with Crippen LogP contribution < -0.4 is 5.32 Å². The summed E-state index contributed by atoms with van der Waals surface area (Å²) in [5.41, 5.74) is 0.777. The molecule has 0 saturated carbocycles. The molecule has 0 fully saturated rings. The summed E-state index contributed by atoms with van der Waals surface area (Å²) in [6.07, 6.45) is -2.70. The van der Waals surface area contributed by atoms with Crippen LogP contribution >= 0.6 is 0 Å². The third-order valence-electron chi connectivity index (χ3n) is 2.24. The maximum Gasteiger partial charge on any atom is 0.411 e. The fourth-order valence-electron chi connectivity index (χ4n) is 1.40. The number of nitrogens with zero attached hydrogens (tertiary/aromatic N) is 2. The van der Waals surface area contributed by atoms with E-state index in [2.05, 4.69) is 20.0 Å². The molecule has 4 nitrogen and oxygen atoms in total. The van der Waals surface area contributed by atoms with Gasteiger partial charge in [0.2, 0.25) is 0 Å². The van der Waals surface area contributed by atoms with Gasteiger partial charge in [0.05, 0.1) is 0 Å². The largest absolute Gasteiger partial charge is 0.411 e. The molecule has 0 aliphatic rings. The van der Waals surface area contributed by atoms with E-state index in [0.29, 0.717) is 12.2 Å². The summed E-state index contributed by atoms with van der Waals surface area (Å²) in [5.74, 6) is 0.890. The maximum absolute atomic E-state index is 12.0. The summed E-state index contributed by atoms with van der Waals surface area (Å²) in [4.78, 5) is 8.26. The molecule has 0 aromatic carbocycles. The zero-order chi connectivity index (χ0) is 14.3. The Hall–Kier alpha value is -1.37. The molecule has 0 spiro atoms. The lowest BCUT2D eigenvalue weighted by atomic mass is 10.3. The van der Waals surface area contributed by atoms with Gasteiger partial charge in [-0.2, -0.15) is 13.2 Å². The molecule has 0 bridgehead atoms. The first-order valence-electron chi connectivity index (χ1n) is 6.19. The van der Waals surface area contributed by atoms with Gasteiger partial charge in [0.1, 0.15) is 19.0 Å². The second kappa shape index (κ2) is 7.28. The second-order valence-electron chi connectivity index (χ2n) is 4.05. The van der Waals surface area contributed by atoms with E-state index in [9.17, 15) is 13.2 Å². The molecule has 1 aromatic heterocycles. The summed E-state index contributed by atoms with van der Waals surface area (Å²) >= 11 is 0. The topological polar surface area (TPSA) is 47.0 Å². The lowest BCUT2D eigenvalue weighted by Gasteiger charge is -2.10. The van der Waals surface area contributed by atoms with Gasteiger partial charge in [-0.3, -0.25) is 0 Å².